The Morgan fingerprint density at radius 2 is 1.59 bits per heavy atom. The molecule has 0 N–H and O–H groups in total. The molecule has 0 spiro atoms. The maximum atomic E-state index is 13.9. The van der Waals surface area contributed by atoms with Crippen molar-refractivity contribution in [1.29, 1.82) is 0 Å². The Morgan fingerprint density at radius 1 is 0.854 bits per heavy atom. The van der Waals surface area contributed by atoms with Crippen LogP contribution in [0.4, 0.5) is 4.39 Å². The number of halogens is 1. The lowest BCUT2D eigenvalue weighted by Gasteiger charge is -2.29. The van der Waals surface area contributed by atoms with Gasteiger partial charge in [0.05, 0.1) is 13.7 Å². The van der Waals surface area contributed by atoms with Crippen molar-refractivity contribution in [2.24, 2.45) is 5.92 Å². The Kier molecular flexibility index (Phi) is 10.3. The molecular weight excluding hydrogens is 517 g/mol. The third-order valence-electron chi connectivity index (χ3n) is 7.01. The Hall–Kier alpha value is -4.39. The second-order valence-electron chi connectivity index (χ2n) is 10.6. The zero-order valence-electron chi connectivity index (χ0n) is 24.0. The van der Waals surface area contributed by atoms with Crippen molar-refractivity contribution in [3.05, 3.63) is 125 Å². The normalized spacial score (nSPS) is 11.0. The van der Waals surface area contributed by atoms with Crippen molar-refractivity contribution in [2.45, 2.75) is 39.9 Å². The van der Waals surface area contributed by atoms with Gasteiger partial charge >= 0.3 is 0 Å². The smallest absolute Gasteiger partial charge is 0.254 e. The van der Waals surface area contributed by atoms with Gasteiger partial charge in [-0.25, -0.2) is 4.39 Å². The van der Waals surface area contributed by atoms with Crippen LogP contribution in [0.3, 0.4) is 0 Å². The molecule has 0 fully saturated rings. The first kappa shape index (κ1) is 29.6. The number of amides is 2. The zero-order chi connectivity index (χ0) is 29.2. The molecule has 1 heterocycles. The lowest BCUT2D eigenvalue weighted by Crippen LogP contribution is -2.43. The number of aromatic nitrogens is 1. The minimum atomic E-state index is -0.405. The Balaban J connectivity index is 1.57. The van der Waals surface area contributed by atoms with Crippen LogP contribution in [-0.4, -0.2) is 46.4 Å². The first-order valence-electron chi connectivity index (χ1n) is 14.0. The van der Waals surface area contributed by atoms with Crippen molar-refractivity contribution < 1.29 is 18.7 Å². The summed E-state index contributed by atoms with van der Waals surface area (Å²) in [6, 6.07) is 27.3. The molecule has 7 heteroatoms. The molecule has 6 nitrogen and oxygen atoms in total. The summed E-state index contributed by atoms with van der Waals surface area (Å²) in [5.41, 5.74) is 3.44. The number of carbonyl (C=O) groups is 2. The van der Waals surface area contributed by atoms with Crippen LogP contribution >= 0.6 is 0 Å². The fourth-order valence-corrected chi connectivity index (χ4v) is 4.65. The molecule has 41 heavy (non-hydrogen) atoms. The monoisotopic (exact) mass is 555 g/mol. The molecule has 0 aliphatic carbocycles. The minimum absolute atomic E-state index is 0.0631. The largest absolute Gasteiger partial charge is 0.497 e. The predicted molar refractivity (Wildman–Crippen MR) is 159 cm³/mol. The lowest BCUT2D eigenvalue weighted by molar-refractivity contribution is -0.133. The van der Waals surface area contributed by atoms with E-state index in [-0.39, 0.29) is 18.4 Å². The molecule has 0 radical (unpaired) electrons. The van der Waals surface area contributed by atoms with Crippen molar-refractivity contribution in [3.63, 3.8) is 0 Å². The van der Waals surface area contributed by atoms with Gasteiger partial charge < -0.3 is 19.1 Å². The highest BCUT2D eigenvalue weighted by atomic mass is 19.1. The number of hydrogen-bond donors (Lipinski definition) is 0. The first-order valence-corrected chi connectivity index (χ1v) is 14.0. The zero-order valence-corrected chi connectivity index (χ0v) is 24.0. The summed E-state index contributed by atoms with van der Waals surface area (Å²) in [5, 5.41) is 0. The second kappa shape index (κ2) is 14.3. The van der Waals surface area contributed by atoms with Crippen molar-refractivity contribution in [3.8, 4) is 5.75 Å². The van der Waals surface area contributed by atoms with Gasteiger partial charge in [-0.2, -0.15) is 0 Å². The molecule has 0 bridgehead atoms. The van der Waals surface area contributed by atoms with Gasteiger partial charge in [-0.15, -0.1) is 0 Å². The van der Waals surface area contributed by atoms with E-state index < -0.39 is 5.82 Å². The van der Waals surface area contributed by atoms with Crippen LogP contribution in [0.5, 0.6) is 5.75 Å². The van der Waals surface area contributed by atoms with E-state index in [1.165, 1.54) is 24.3 Å². The Morgan fingerprint density at radius 3 is 2.29 bits per heavy atom. The number of carbonyl (C=O) groups excluding carboxylic acids is 2. The lowest BCUT2D eigenvalue weighted by atomic mass is 10.1. The van der Waals surface area contributed by atoms with Crippen LogP contribution in [0.25, 0.3) is 0 Å². The van der Waals surface area contributed by atoms with Gasteiger partial charge in [-0.1, -0.05) is 56.3 Å². The van der Waals surface area contributed by atoms with Crippen LogP contribution in [0.1, 0.15) is 47.4 Å². The Bertz CT molecular complexity index is 1420. The van der Waals surface area contributed by atoms with Crippen LogP contribution in [0.15, 0.2) is 97.2 Å². The van der Waals surface area contributed by atoms with Gasteiger partial charge in [0.25, 0.3) is 5.91 Å². The van der Waals surface area contributed by atoms with Crippen molar-refractivity contribution in [1.82, 2.24) is 14.4 Å². The summed E-state index contributed by atoms with van der Waals surface area (Å²) in [4.78, 5) is 30.7. The van der Waals surface area contributed by atoms with Crippen molar-refractivity contribution >= 4 is 11.8 Å². The number of nitrogens with zero attached hydrogens (tertiary/aromatic N) is 3. The van der Waals surface area contributed by atoms with Gasteiger partial charge in [-0.3, -0.25) is 9.59 Å². The van der Waals surface area contributed by atoms with Crippen LogP contribution in [0.2, 0.25) is 0 Å². The third-order valence-corrected chi connectivity index (χ3v) is 7.01. The number of hydrogen-bond acceptors (Lipinski definition) is 3. The average Bonchev–Trinajstić information content (AvgIpc) is 3.41. The van der Waals surface area contributed by atoms with Gasteiger partial charge in [0.1, 0.15) is 18.1 Å². The standard InChI is InChI=1S/C34H38FN3O3/c1-26(2)18-20-37(34(40)29-14-16-30(35)17-15-29)25-33(39)38(22-27-9-5-4-6-10-27)24-31-12-8-19-36(31)23-28-11-7-13-32(21-28)41-3/h4-17,19,21,26H,18,20,22-25H2,1-3H3. The highest BCUT2D eigenvalue weighted by Gasteiger charge is 2.24. The van der Waals surface area contributed by atoms with Crippen LogP contribution < -0.4 is 4.74 Å². The van der Waals surface area contributed by atoms with Gasteiger partial charge in [0.15, 0.2) is 0 Å². The molecule has 0 saturated heterocycles. The summed E-state index contributed by atoms with van der Waals surface area (Å²) in [7, 11) is 1.65. The summed E-state index contributed by atoms with van der Waals surface area (Å²) >= 11 is 0. The SMILES string of the molecule is COc1cccc(Cn2cccc2CN(Cc2ccccc2)C(=O)CN(CCC(C)C)C(=O)c2ccc(F)cc2)c1. The average molecular weight is 556 g/mol. The molecular formula is C34H38FN3O3. The van der Waals surface area contributed by atoms with Crippen molar-refractivity contribution in [2.75, 3.05) is 20.2 Å². The fraction of sp³-hybridized carbons (Fsp3) is 0.294. The van der Waals surface area contributed by atoms with E-state index in [9.17, 15) is 14.0 Å². The van der Waals surface area contributed by atoms with Gasteiger partial charge in [0, 0.05) is 37.1 Å². The van der Waals surface area contributed by atoms with E-state index >= 15 is 0 Å². The topological polar surface area (TPSA) is 54.8 Å². The first-order chi connectivity index (χ1) is 19.8. The molecule has 1 aromatic heterocycles. The molecule has 2 amide bonds. The highest BCUT2D eigenvalue weighted by molar-refractivity contribution is 5.96. The Labute approximate surface area is 242 Å². The summed E-state index contributed by atoms with van der Waals surface area (Å²) in [6.07, 6.45) is 2.76. The van der Waals surface area contributed by atoms with Crippen LogP contribution in [-0.2, 0) is 24.4 Å². The maximum Gasteiger partial charge on any atom is 0.254 e. The molecule has 0 aliphatic heterocycles. The number of methoxy groups -OCH3 is 1. The van der Waals surface area contributed by atoms with E-state index in [0.29, 0.717) is 37.7 Å². The van der Waals surface area contributed by atoms with E-state index in [0.717, 1.165) is 29.0 Å². The number of benzene rings is 3. The van der Waals surface area contributed by atoms with E-state index in [1.807, 2.05) is 72.9 Å². The van der Waals surface area contributed by atoms with Gasteiger partial charge in [-0.05, 0) is 72.0 Å². The highest BCUT2D eigenvalue weighted by Crippen LogP contribution is 2.18. The predicted octanol–water partition coefficient (Wildman–Crippen LogP) is 6.40. The van der Waals surface area contributed by atoms with Gasteiger partial charge in [0.2, 0.25) is 5.91 Å². The second-order valence-corrected chi connectivity index (χ2v) is 10.6. The van der Waals surface area contributed by atoms with Crippen LogP contribution in [0, 0.1) is 11.7 Å². The molecule has 0 saturated carbocycles. The quantitative estimate of drug-likeness (QED) is 0.192. The fourth-order valence-electron chi connectivity index (χ4n) is 4.65. The number of rotatable bonds is 13. The molecule has 0 unspecified atom stereocenters. The molecule has 214 valence electrons. The van der Waals surface area contributed by atoms with E-state index in [4.69, 9.17) is 4.74 Å². The molecule has 4 rings (SSSR count). The molecule has 3 aromatic carbocycles. The summed E-state index contributed by atoms with van der Waals surface area (Å²) in [6.45, 7) is 5.97. The molecule has 0 aliphatic rings. The van der Waals surface area contributed by atoms with E-state index in [1.54, 1.807) is 16.9 Å². The summed E-state index contributed by atoms with van der Waals surface area (Å²) < 4.78 is 21.0. The maximum absolute atomic E-state index is 13.9. The summed E-state index contributed by atoms with van der Waals surface area (Å²) in [5.74, 6) is 0.318. The van der Waals surface area contributed by atoms with E-state index in [2.05, 4.69) is 18.4 Å². The minimum Gasteiger partial charge on any atom is -0.497 e. The number of ether oxygens (including phenoxy) is 1. The third kappa shape index (κ3) is 8.55. The molecule has 4 aromatic rings. The molecule has 0 atom stereocenters.